The van der Waals surface area contributed by atoms with Crippen LogP contribution in [0.3, 0.4) is 0 Å². The van der Waals surface area contributed by atoms with Crippen molar-refractivity contribution in [2.75, 3.05) is 0 Å². The van der Waals surface area contributed by atoms with E-state index < -0.39 is 0 Å². The summed E-state index contributed by atoms with van der Waals surface area (Å²) in [6.07, 6.45) is 0. The van der Waals surface area contributed by atoms with Gasteiger partial charge in [-0.15, -0.1) is 0 Å². The van der Waals surface area contributed by atoms with E-state index in [0.717, 1.165) is 22.3 Å². The van der Waals surface area contributed by atoms with E-state index in [1.54, 1.807) is 12.1 Å². The molecule has 90 valence electrons. The molecule has 0 spiro atoms. The van der Waals surface area contributed by atoms with Crippen molar-refractivity contribution in [3.8, 4) is 11.1 Å². The molecule has 3 heteroatoms. The molecule has 0 aromatic heterocycles. The molecule has 0 atom stereocenters. The second kappa shape index (κ2) is 3.42. The quantitative estimate of drug-likeness (QED) is 0.559. The lowest BCUT2D eigenvalue weighted by atomic mass is 9.82. The fourth-order valence-corrected chi connectivity index (χ4v) is 2.89. The van der Waals surface area contributed by atoms with E-state index in [1.807, 2.05) is 24.3 Å². The highest BCUT2D eigenvalue weighted by Gasteiger charge is 2.38. The third kappa shape index (κ3) is 1.24. The molecule has 0 fully saturated rings. The van der Waals surface area contributed by atoms with Crippen molar-refractivity contribution in [3.05, 3.63) is 63.7 Å². The topological polar surface area (TPSA) is 43.1 Å². The maximum Gasteiger partial charge on any atom is 0.277 e. The van der Waals surface area contributed by atoms with E-state index >= 15 is 0 Å². The van der Waals surface area contributed by atoms with E-state index in [2.05, 4.69) is 19.9 Å². The minimum atomic E-state index is -0.295. The maximum absolute atomic E-state index is 11.2. The van der Waals surface area contributed by atoms with Crippen molar-refractivity contribution >= 4 is 5.69 Å². The Labute approximate surface area is 105 Å². The standard InChI is InChI=1S/C15H13NO2/c1-15(2)11-7-4-3-6-10(11)14-12(15)8-5-9-13(14)16(17)18/h3-9H,1-2H3. The van der Waals surface area contributed by atoms with Gasteiger partial charge in [-0.3, -0.25) is 10.1 Å². The lowest BCUT2D eigenvalue weighted by Gasteiger charge is -2.20. The molecule has 0 radical (unpaired) electrons. The predicted molar refractivity (Wildman–Crippen MR) is 70.7 cm³/mol. The number of fused-ring (bicyclic) bond motifs is 3. The smallest absolute Gasteiger partial charge is 0.258 e. The lowest BCUT2D eigenvalue weighted by Crippen LogP contribution is -2.14. The van der Waals surface area contributed by atoms with Crippen molar-refractivity contribution in [2.24, 2.45) is 0 Å². The van der Waals surface area contributed by atoms with Crippen LogP contribution in [0.4, 0.5) is 5.69 Å². The molecule has 2 aromatic carbocycles. The van der Waals surface area contributed by atoms with Crippen LogP contribution in [0.2, 0.25) is 0 Å². The van der Waals surface area contributed by atoms with Gasteiger partial charge in [-0.25, -0.2) is 0 Å². The Kier molecular flexibility index (Phi) is 2.08. The van der Waals surface area contributed by atoms with Crippen LogP contribution in [-0.4, -0.2) is 4.92 Å². The van der Waals surface area contributed by atoms with Crippen LogP contribution >= 0.6 is 0 Å². The molecule has 18 heavy (non-hydrogen) atoms. The summed E-state index contributed by atoms with van der Waals surface area (Å²) < 4.78 is 0. The number of nitro groups is 1. The molecule has 1 aliphatic carbocycles. The summed E-state index contributed by atoms with van der Waals surface area (Å²) in [5.74, 6) is 0. The molecule has 0 heterocycles. The third-order valence-electron chi connectivity index (χ3n) is 3.78. The Morgan fingerprint density at radius 1 is 1.00 bits per heavy atom. The Hall–Kier alpha value is -2.16. The van der Waals surface area contributed by atoms with Gasteiger partial charge >= 0.3 is 0 Å². The average Bonchev–Trinajstić information content (AvgIpc) is 2.59. The van der Waals surface area contributed by atoms with Crippen molar-refractivity contribution < 1.29 is 4.92 Å². The van der Waals surface area contributed by atoms with Gasteiger partial charge in [-0.05, 0) is 16.7 Å². The molecule has 0 unspecified atom stereocenters. The van der Waals surface area contributed by atoms with Gasteiger partial charge in [0.15, 0.2) is 0 Å². The zero-order chi connectivity index (χ0) is 12.9. The van der Waals surface area contributed by atoms with Gasteiger partial charge in [-0.2, -0.15) is 0 Å². The summed E-state index contributed by atoms with van der Waals surface area (Å²) in [5, 5.41) is 11.2. The van der Waals surface area contributed by atoms with Crippen LogP contribution < -0.4 is 0 Å². The first-order chi connectivity index (χ1) is 8.53. The second-order valence-electron chi connectivity index (χ2n) is 5.13. The van der Waals surface area contributed by atoms with E-state index in [9.17, 15) is 10.1 Å². The molecule has 0 bridgehead atoms. The average molecular weight is 239 g/mol. The molecule has 2 aromatic rings. The van der Waals surface area contributed by atoms with Crippen LogP contribution in [0.1, 0.15) is 25.0 Å². The molecule has 1 aliphatic rings. The van der Waals surface area contributed by atoms with Gasteiger partial charge in [0.25, 0.3) is 5.69 Å². The normalized spacial score (nSPS) is 15.0. The van der Waals surface area contributed by atoms with Crippen LogP contribution in [0.5, 0.6) is 0 Å². The summed E-state index contributed by atoms with van der Waals surface area (Å²) in [6.45, 7) is 4.22. The van der Waals surface area contributed by atoms with E-state index in [0.29, 0.717) is 0 Å². The Morgan fingerprint density at radius 2 is 1.67 bits per heavy atom. The van der Waals surface area contributed by atoms with E-state index in [4.69, 9.17) is 0 Å². The summed E-state index contributed by atoms with van der Waals surface area (Å²) in [4.78, 5) is 10.9. The van der Waals surface area contributed by atoms with Gasteiger partial charge in [0, 0.05) is 11.5 Å². The first kappa shape index (κ1) is 11.0. The Morgan fingerprint density at radius 3 is 2.39 bits per heavy atom. The fourth-order valence-electron chi connectivity index (χ4n) is 2.89. The van der Waals surface area contributed by atoms with Crippen molar-refractivity contribution in [2.45, 2.75) is 19.3 Å². The summed E-state index contributed by atoms with van der Waals surface area (Å²) in [5.41, 5.74) is 4.00. The maximum atomic E-state index is 11.2. The Balaban J connectivity index is 2.44. The summed E-state index contributed by atoms with van der Waals surface area (Å²) in [6, 6.07) is 13.3. The molecular weight excluding hydrogens is 226 g/mol. The SMILES string of the molecule is CC1(C)c2ccccc2-c2c([N+](=O)[O-])cccc21. The van der Waals surface area contributed by atoms with Gasteiger partial charge < -0.3 is 0 Å². The number of hydrogen-bond acceptors (Lipinski definition) is 2. The predicted octanol–water partition coefficient (Wildman–Crippen LogP) is 3.90. The monoisotopic (exact) mass is 239 g/mol. The summed E-state index contributed by atoms with van der Waals surface area (Å²) >= 11 is 0. The van der Waals surface area contributed by atoms with Gasteiger partial charge in [0.2, 0.25) is 0 Å². The highest BCUT2D eigenvalue weighted by molar-refractivity contribution is 5.86. The zero-order valence-corrected chi connectivity index (χ0v) is 10.3. The molecule has 0 aliphatic heterocycles. The fraction of sp³-hybridized carbons (Fsp3) is 0.200. The second-order valence-corrected chi connectivity index (χ2v) is 5.13. The first-order valence-electron chi connectivity index (χ1n) is 5.91. The molecule has 0 amide bonds. The van der Waals surface area contributed by atoms with Crippen LogP contribution in [-0.2, 0) is 5.41 Å². The molecule has 3 rings (SSSR count). The van der Waals surface area contributed by atoms with Gasteiger partial charge in [0.05, 0.1) is 10.5 Å². The number of hydrogen-bond donors (Lipinski definition) is 0. The molecule has 0 N–H and O–H groups in total. The first-order valence-corrected chi connectivity index (χ1v) is 5.91. The van der Waals surface area contributed by atoms with Crippen LogP contribution in [0, 0.1) is 10.1 Å². The van der Waals surface area contributed by atoms with Crippen molar-refractivity contribution in [3.63, 3.8) is 0 Å². The minimum Gasteiger partial charge on any atom is -0.258 e. The van der Waals surface area contributed by atoms with Gasteiger partial charge in [-0.1, -0.05) is 50.2 Å². The molecule has 0 saturated carbocycles. The van der Waals surface area contributed by atoms with Crippen molar-refractivity contribution in [1.82, 2.24) is 0 Å². The molecule has 0 saturated heterocycles. The molecule has 3 nitrogen and oxygen atoms in total. The lowest BCUT2D eigenvalue weighted by molar-refractivity contribution is -0.384. The van der Waals surface area contributed by atoms with Crippen LogP contribution in [0.15, 0.2) is 42.5 Å². The van der Waals surface area contributed by atoms with Crippen molar-refractivity contribution in [1.29, 1.82) is 0 Å². The summed E-state index contributed by atoms with van der Waals surface area (Å²) in [7, 11) is 0. The third-order valence-corrected chi connectivity index (χ3v) is 3.78. The van der Waals surface area contributed by atoms with Crippen LogP contribution in [0.25, 0.3) is 11.1 Å². The highest BCUT2D eigenvalue weighted by atomic mass is 16.6. The Bertz CT molecular complexity index is 659. The number of benzene rings is 2. The van der Waals surface area contributed by atoms with E-state index in [1.165, 1.54) is 0 Å². The number of rotatable bonds is 1. The highest BCUT2D eigenvalue weighted by Crippen LogP contribution is 2.51. The van der Waals surface area contributed by atoms with E-state index in [-0.39, 0.29) is 16.0 Å². The minimum absolute atomic E-state index is 0.169. The zero-order valence-electron chi connectivity index (χ0n) is 10.3. The number of nitro benzene ring substituents is 1. The van der Waals surface area contributed by atoms with Gasteiger partial charge in [0.1, 0.15) is 0 Å². The largest absolute Gasteiger partial charge is 0.277 e. The number of nitrogens with zero attached hydrogens (tertiary/aromatic N) is 1. The molecular formula is C15H13NO2.